The zero-order valence-corrected chi connectivity index (χ0v) is 12.2. The quantitative estimate of drug-likeness (QED) is 0.656. The summed E-state index contributed by atoms with van der Waals surface area (Å²) in [5.74, 6) is -0.192. The normalized spacial score (nSPS) is 12.4. The van der Waals surface area contributed by atoms with E-state index in [1.165, 1.54) is 11.6 Å². The molecule has 2 aromatic carbocycles. The van der Waals surface area contributed by atoms with Crippen LogP contribution in [0.25, 0.3) is 0 Å². The highest BCUT2D eigenvalue weighted by Gasteiger charge is 2.09. The van der Waals surface area contributed by atoms with E-state index in [2.05, 4.69) is 44.0 Å². The molecule has 0 nitrogen and oxygen atoms in total. The van der Waals surface area contributed by atoms with E-state index in [1.807, 2.05) is 18.2 Å². The van der Waals surface area contributed by atoms with Crippen molar-refractivity contribution in [2.45, 2.75) is 11.2 Å². The first-order valence-electron chi connectivity index (χ1n) is 5.29. The van der Waals surface area contributed by atoms with Gasteiger partial charge in [0.2, 0.25) is 0 Å². The first kappa shape index (κ1) is 12.8. The molecule has 0 spiro atoms. The molecule has 0 aliphatic carbocycles. The minimum atomic E-state index is -0.192. The Morgan fingerprint density at radius 2 is 1.76 bits per heavy atom. The highest BCUT2D eigenvalue weighted by Crippen LogP contribution is 2.27. The van der Waals surface area contributed by atoms with E-state index in [-0.39, 0.29) is 10.6 Å². The van der Waals surface area contributed by atoms with Crippen molar-refractivity contribution in [2.24, 2.45) is 0 Å². The van der Waals surface area contributed by atoms with Gasteiger partial charge in [-0.25, -0.2) is 4.39 Å². The number of rotatable bonds is 3. The molecule has 0 saturated carbocycles. The zero-order chi connectivity index (χ0) is 12.3. The van der Waals surface area contributed by atoms with E-state index in [0.717, 1.165) is 16.5 Å². The highest BCUT2D eigenvalue weighted by molar-refractivity contribution is 9.10. The molecule has 0 N–H and O–H groups in total. The monoisotopic (exact) mass is 356 g/mol. The predicted octanol–water partition coefficient (Wildman–Crippen LogP) is 5.27. The summed E-state index contributed by atoms with van der Waals surface area (Å²) < 4.78 is 14.2. The van der Waals surface area contributed by atoms with E-state index in [9.17, 15) is 4.39 Å². The molecule has 0 radical (unpaired) electrons. The summed E-state index contributed by atoms with van der Waals surface area (Å²) in [6, 6.07) is 14.9. The van der Waals surface area contributed by atoms with Crippen LogP contribution in [0.3, 0.4) is 0 Å². The first-order chi connectivity index (χ1) is 8.15. The van der Waals surface area contributed by atoms with Gasteiger partial charge in [0.25, 0.3) is 0 Å². The topological polar surface area (TPSA) is 0 Å². The number of alkyl halides is 1. The third-order valence-corrected chi connectivity index (χ3v) is 3.92. The lowest BCUT2D eigenvalue weighted by Gasteiger charge is -2.10. The van der Waals surface area contributed by atoms with Crippen LogP contribution in [0, 0.1) is 5.82 Å². The molecule has 0 aliphatic rings. The van der Waals surface area contributed by atoms with E-state index < -0.39 is 0 Å². The van der Waals surface area contributed by atoms with Crippen LogP contribution in [-0.2, 0) is 6.42 Å². The summed E-state index contributed by atoms with van der Waals surface area (Å²) in [7, 11) is 0. The van der Waals surface area contributed by atoms with Crippen molar-refractivity contribution >= 4 is 31.9 Å². The third-order valence-electron chi connectivity index (χ3n) is 2.54. The molecule has 0 heterocycles. The summed E-state index contributed by atoms with van der Waals surface area (Å²) in [6.45, 7) is 0. The maximum Gasteiger partial charge on any atom is 0.123 e. The van der Waals surface area contributed by atoms with Crippen molar-refractivity contribution in [3.05, 3.63) is 69.9 Å². The molecule has 0 bridgehead atoms. The second kappa shape index (κ2) is 5.78. The van der Waals surface area contributed by atoms with E-state index >= 15 is 0 Å². The van der Waals surface area contributed by atoms with Crippen LogP contribution >= 0.6 is 31.9 Å². The summed E-state index contributed by atoms with van der Waals surface area (Å²) in [5.41, 5.74) is 2.19. The molecule has 0 fully saturated rings. The van der Waals surface area contributed by atoms with Gasteiger partial charge in [0.05, 0.1) is 0 Å². The van der Waals surface area contributed by atoms with Gasteiger partial charge in [-0.05, 0) is 41.8 Å². The van der Waals surface area contributed by atoms with Gasteiger partial charge in [-0.2, -0.15) is 0 Å². The average molecular weight is 358 g/mol. The summed E-state index contributed by atoms with van der Waals surface area (Å²) in [5, 5.41) is 0. The van der Waals surface area contributed by atoms with Crippen molar-refractivity contribution in [1.29, 1.82) is 0 Å². The van der Waals surface area contributed by atoms with E-state index in [4.69, 9.17) is 0 Å². The lowest BCUT2D eigenvalue weighted by atomic mass is 10.0. The highest BCUT2D eigenvalue weighted by atomic mass is 79.9. The Morgan fingerprint density at radius 3 is 2.41 bits per heavy atom. The van der Waals surface area contributed by atoms with Gasteiger partial charge in [0.15, 0.2) is 0 Å². The van der Waals surface area contributed by atoms with Crippen molar-refractivity contribution in [1.82, 2.24) is 0 Å². The van der Waals surface area contributed by atoms with Crippen LogP contribution in [0.4, 0.5) is 4.39 Å². The molecule has 2 aromatic rings. The Kier molecular flexibility index (Phi) is 4.35. The smallest absolute Gasteiger partial charge is 0.123 e. The molecule has 17 heavy (non-hydrogen) atoms. The molecule has 3 heteroatoms. The molecular formula is C14H11Br2F. The van der Waals surface area contributed by atoms with Gasteiger partial charge < -0.3 is 0 Å². The second-order valence-corrected chi connectivity index (χ2v) is 5.87. The zero-order valence-electron chi connectivity index (χ0n) is 9.04. The van der Waals surface area contributed by atoms with Gasteiger partial charge >= 0.3 is 0 Å². The molecule has 0 saturated heterocycles. The van der Waals surface area contributed by atoms with Gasteiger partial charge in [0.1, 0.15) is 5.82 Å². The Balaban J connectivity index is 2.11. The van der Waals surface area contributed by atoms with Crippen LogP contribution < -0.4 is 0 Å². The van der Waals surface area contributed by atoms with E-state index in [1.54, 1.807) is 12.1 Å². The van der Waals surface area contributed by atoms with Gasteiger partial charge in [-0.15, -0.1) is 0 Å². The molecular weight excluding hydrogens is 347 g/mol. The first-order valence-corrected chi connectivity index (χ1v) is 7.00. The number of hydrogen-bond donors (Lipinski definition) is 0. The lowest BCUT2D eigenvalue weighted by molar-refractivity contribution is 0.625. The van der Waals surface area contributed by atoms with Crippen LogP contribution in [0.2, 0.25) is 0 Å². The Labute approximate surface area is 117 Å². The van der Waals surface area contributed by atoms with Crippen LogP contribution in [-0.4, -0.2) is 0 Å². The van der Waals surface area contributed by atoms with Gasteiger partial charge in [-0.3, -0.25) is 0 Å². The largest absolute Gasteiger partial charge is 0.207 e. The van der Waals surface area contributed by atoms with Crippen LogP contribution in [0.5, 0.6) is 0 Å². The maximum absolute atomic E-state index is 13.1. The number of hydrogen-bond acceptors (Lipinski definition) is 0. The summed E-state index contributed by atoms with van der Waals surface area (Å²) in [4.78, 5) is 0.138. The predicted molar refractivity (Wildman–Crippen MR) is 75.9 cm³/mol. The third kappa shape index (κ3) is 3.65. The lowest BCUT2D eigenvalue weighted by Crippen LogP contribution is -1.95. The van der Waals surface area contributed by atoms with Crippen LogP contribution in [0.1, 0.15) is 16.0 Å². The Morgan fingerprint density at radius 1 is 1.06 bits per heavy atom. The fourth-order valence-corrected chi connectivity index (χ4v) is 2.57. The molecule has 1 atom stereocenters. The molecule has 0 aromatic heterocycles. The van der Waals surface area contributed by atoms with Gasteiger partial charge in [0, 0.05) is 9.30 Å². The Bertz CT molecular complexity index is 494. The Hall–Kier alpha value is -0.670. The van der Waals surface area contributed by atoms with Crippen LogP contribution in [0.15, 0.2) is 53.0 Å². The number of halogens is 3. The maximum atomic E-state index is 13.1. The summed E-state index contributed by atoms with van der Waals surface area (Å²) >= 11 is 7.00. The summed E-state index contributed by atoms with van der Waals surface area (Å²) in [6.07, 6.45) is 0.844. The van der Waals surface area contributed by atoms with Crippen molar-refractivity contribution in [2.75, 3.05) is 0 Å². The SMILES string of the molecule is Fc1cccc(C(Br)Cc2ccc(Br)cc2)c1. The average Bonchev–Trinajstić information content (AvgIpc) is 2.32. The van der Waals surface area contributed by atoms with Crippen molar-refractivity contribution in [3.63, 3.8) is 0 Å². The van der Waals surface area contributed by atoms with E-state index in [0.29, 0.717) is 0 Å². The van der Waals surface area contributed by atoms with Gasteiger partial charge in [-0.1, -0.05) is 56.1 Å². The molecule has 0 amide bonds. The molecule has 2 rings (SSSR count). The molecule has 1 unspecified atom stereocenters. The molecule has 88 valence electrons. The minimum absolute atomic E-state index is 0.138. The van der Waals surface area contributed by atoms with Crippen molar-refractivity contribution in [3.8, 4) is 0 Å². The van der Waals surface area contributed by atoms with Crippen molar-refractivity contribution < 1.29 is 4.39 Å². The fraction of sp³-hybridized carbons (Fsp3) is 0.143. The number of benzene rings is 2. The standard InChI is InChI=1S/C14H11Br2F/c15-12-6-4-10(5-7-12)8-14(16)11-2-1-3-13(17)9-11/h1-7,9,14H,8H2. The minimum Gasteiger partial charge on any atom is -0.207 e. The second-order valence-electron chi connectivity index (χ2n) is 3.85. The molecule has 0 aliphatic heterocycles. The fourth-order valence-electron chi connectivity index (χ4n) is 1.65.